The van der Waals surface area contributed by atoms with E-state index in [0.717, 1.165) is 0 Å². The molecule has 0 saturated heterocycles. The van der Waals surface area contributed by atoms with Crippen LogP contribution >= 0.6 is 0 Å². The van der Waals surface area contributed by atoms with Crippen LogP contribution in [0, 0.1) is 0 Å². The molecular formula is C5H16Na2O9S. The van der Waals surface area contributed by atoms with Crippen molar-refractivity contribution in [3.8, 4) is 0 Å². The summed E-state index contributed by atoms with van der Waals surface area (Å²) in [5.41, 5.74) is -0.403. The Bertz CT molecular complexity index is 192. The van der Waals surface area contributed by atoms with E-state index >= 15 is 0 Å². The van der Waals surface area contributed by atoms with Gasteiger partial charge in [-0.05, 0) is 20.8 Å². The minimum Gasteiger partial charge on any atom is -0.759 e. The Morgan fingerprint density at radius 1 is 1.06 bits per heavy atom. The summed E-state index contributed by atoms with van der Waals surface area (Å²) in [5.74, 6) is 0. The third-order valence-electron chi connectivity index (χ3n) is 0.274. The van der Waals surface area contributed by atoms with Crippen LogP contribution in [0.3, 0.4) is 0 Å². The molecule has 0 aliphatic heterocycles. The summed E-state index contributed by atoms with van der Waals surface area (Å²) in [6, 6.07) is 0. The summed E-state index contributed by atoms with van der Waals surface area (Å²) < 4.78 is 34.1. The fourth-order valence-electron chi connectivity index (χ4n) is 0. The van der Waals surface area contributed by atoms with Crippen molar-refractivity contribution in [2.45, 2.75) is 26.4 Å². The molecule has 12 heteroatoms. The molecule has 0 atom stereocenters. The van der Waals surface area contributed by atoms with E-state index < -0.39 is 16.0 Å². The number of carbonyl (C=O) groups excluding carboxylic acids is 1. The predicted molar refractivity (Wildman–Crippen MR) is 48.3 cm³/mol. The predicted octanol–water partition coefficient (Wildman–Crippen LogP) is -7.89. The van der Waals surface area contributed by atoms with Crippen LogP contribution in [0.4, 0.5) is 0 Å². The Kier molecular flexibility index (Phi) is 56.9. The van der Waals surface area contributed by atoms with Crippen molar-refractivity contribution in [1.29, 1.82) is 0 Å². The van der Waals surface area contributed by atoms with E-state index in [2.05, 4.69) is 4.89 Å². The number of hydrogen-bond acceptors (Lipinski definition) is 7. The van der Waals surface area contributed by atoms with E-state index in [1.807, 2.05) is 6.79 Å². The zero-order valence-electron chi connectivity index (χ0n) is 10.5. The Morgan fingerprint density at radius 2 is 1.12 bits per heavy atom. The maximum absolute atomic E-state index is 8.52. The van der Waals surface area contributed by atoms with Gasteiger partial charge >= 0.3 is 59.1 Å². The SMILES string of the molecule is C=O.CC(C)(C)OO.O.O.O=S(=O)([O-])[O-].[Na+].[Na+]. The average Bonchev–Trinajstić information content (AvgIpc) is 1.87. The number of hydrogen-bond donors (Lipinski definition) is 1. The molecule has 0 amide bonds. The van der Waals surface area contributed by atoms with E-state index in [4.69, 9.17) is 27.6 Å². The molecule has 0 saturated carbocycles. The van der Waals surface area contributed by atoms with Crippen LogP contribution in [0.5, 0.6) is 0 Å². The van der Waals surface area contributed by atoms with E-state index in [-0.39, 0.29) is 70.1 Å². The fourth-order valence-corrected chi connectivity index (χ4v) is 0. The second-order valence-electron chi connectivity index (χ2n) is 2.61. The molecule has 0 aliphatic carbocycles. The first kappa shape index (κ1) is 42.9. The third kappa shape index (κ3) is 214. The topological polar surface area (TPSA) is 190 Å². The van der Waals surface area contributed by atoms with Crippen molar-refractivity contribution >= 4 is 17.2 Å². The van der Waals surface area contributed by atoms with Gasteiger partial charge in [0.2, 0.25) is 0 Å². The maximum Gasteiger partial charge on any atom is 1.00 e. The number of carbonyl (C=O) groups is 1. The average molecular weight is 298 g/mol. The van der Waals surface area contributed by atoms with Gasteiger partial charge in [-0.2, -0.15) is 0 Å². The third-order valence-corrected chi connectivity index (χ3v) is 0.274. The van der Waals surface area contributed by atoms with Crippen LogP contribution in [0.2, 0.25) is 0 Å². The van der Waals surface area contributed by atoms with Gasteiger partial charge in [0.15, 0.2) is 0 Å². The van der Waals surface area contributed by atoms with Gasteiger partial charge in [-0.25, -0.2) is 4.89 Å². The molecular weight excluding hydrogens is 282 g/mol. The summed E-state index contributed by atoms with van der Waals surface area (Å²) in [4.78, 5) is 11.9. The van der Waals surface area contributed by atoms with Gasteiger partial charge < -0.3 is 24.9 Å². The Labute approximate surface area is 145 Å². The van der Waals surface area contributed by atoms with Crippen molar-refractivity contribution in [2.75, 3.05) is 0 Å². The first-order valence-corrected chi connectivity index (χ1v) is 4.18. The van der Waals surface area contributed by atoms with Crippen LogP contribution in [-0.2, 0) is 20.1 Å². The maximum atomic E-state index is 8.52. The van der Waals surface area contributed by atoms with Crippen LogP contribution in [0.25, 0.3) is 0 Å². The first-order valence-electron chi connectivity index (χ1n) is 2.84. The smallest absolute Gasteiger partial charge is 0.759 e. The molecule has 0 aromatic rings. The normalized spacial score (nSPS) is 7.88. The minimum absolute atomic E-state index is 0. The molecule has 98 valence electrons. The first-order chi connectivity index (χ1) is 5.56. The van der Waals surface area contributed by atoms with Crippen LogP contribution < -0.4 is 59.1 Å². The fraction of sp³-hybridized carbons (Fsp3) is 0.800. The standard InChI is InChI=1S/C4H10O2.CH2O.2Na.H2O4S.2H2O/c1-4(2,3)6-5;1-2;;;1-5(2,3)4;;/h5H,1-3H3;1H2;;;(H2,1,2,3,4);2*1H2/q;;2*+1;;;/p-2. The summed E-state index contributed by atoms with van der Waals surface area (Å²) in [5, 5.41) is 7.90. The van der Waals surface area contributed by atoms with Crippen LogP contribution in [0.15, 0.2) is 0 Å². The van der Waals surface area contributed by atoms with Gasteiger partial charge in [0, 0.05) is 10.4 Å². The van der Waals surface area contributed by atoms with Crippen molar-refractivity contribution in [1.82, 2.24) is 0 Å². The Balaban J connectivity index is -0.0000000171. The van der Waals surface area contributed by atoms with Gasteiger partial charge in [-0.15, -0.1) is 0 Å². The molecule has 17 heavy (non-hydrogen) atoms. The number of rotatable bonds is 0. The van der Waals surface area contributed by atoms with E-state index in [9.17, 15) is 0 Å². The van der Waals surface area contributed by atoms with Crippen molar-refractivity contribution in [3.63, 3.8) is 0 Å². The molecule has 0 radical (unpaired) electrons. The van der Waals surface area contributed by atoms with Crippen LogP contribution in [0.1, 0.15) is 20.8 Å². The van der Waals surface area contributed by atoms with Crippen LogP contribution in [-0.4, -0.2) is 46.1 Å². The molecule has 0 rings (SSSR count). The largest absolute Gasteiger partial charge is 1.00 e. The second kappa shape index (κ2) is 22.6. The van der Waals surface area contributed by atoms with Crippen molar-refractivity contribution in [2.24, 2.45) is 0 Å². The molecule has 9 nitrogen and oxygen atoms in total. The summed E-state index contributed by atoms with van der Waals surface area (Å²) in [6.45, 7) is 7.31. The molecule has 0 heterocycles. The van der Waals surface area contributed by atoms with Gasteiger partial charge in [0.05, 0.1) is 5.60 Å². The minimum atomic E-state index is -5.17. The molecule has 0 aromatic heterocycles. The van der Waals surface area contributed by atoms with Crippen molar-refractivity contribution < 1.29 is 103 Å². The van der Waals surface area contributed by atoms with E-state index in [1.165, 1.54) is 0 Å². The van der Waals surface area contributed by atoms with Crippen molar-refractivity contribution in [3.05, 3.63) is 0 Å². The molecule has 0 bridgehead atoms. The summed E-state index contributed by atoms with van der Waals surface area (Å²) in [7, 11) is -5.17. The van der Waals surface area contributed by atoms with E-state index in [1.54, 1.807) is 20.8 Å². The molecule has 0 spiro atoms. The zero-order valence-corrected chi connectivity index (χ0v) is 15.3. The second-order valence-corrected chi connectivity index (χ2v) is 3.43. The summed E-state index contributed by atoms with van der Waals surface area (Å²) in [6.07, 6.45) is 0. The van der Waals surface area contributed by atoms with Gasteiger partial charge in [-0.1, -0.05) is 0 Å². The Morgan fingerprint density at radius 3 is 1.12 bits per heavy atom. The quantitative estimate of drug-likeness (QED) is 0.151. The molecule has 0 fully saturated rings. The molecule has 0 unspecified atom stereocenters. The van der Waals surface area contributed by atoms with Gasteiger partial charge in [0.25, 0.3) is 0 Å². The summed E-state index contributed by atoms with van der Waals surface area (Å²) >= 11 is 0. The molecule has 0 aliphatic rings. The Hall–Kier alpha value is 1.38. The zero-order chi connectivity index (χ0) is 11.7. The molecule has 0 aromatic carbocycles. The van der Waals surface area contributed by atoms with Gasteiger partial charge in [0.1, 0.15) is 6.79 Å². The van der Waals surface area contributed by atoms with Gasteiger partial charge in [-0.3, -0.25) is 13.7 Å². The monoisotopic (exact) mass is 298 g/mol. The molecule has 5 N–H and O–H groups in total. The van der Waals surface area contributed by atoms with E-state index in [0.29, 0.717) is 0 Å².